The highest BCUT2D eigenvalue weighted by Gasteiger charge is 2.34. The molecule has 154 valence electrons. The molecule has 2 amide bonds. The molecule has 1 atom stereocenters. The summed E-state index contributed by atoms with van der Waals surface area (Å²) in [5.74, 6) is 1.27. The molecule has 2 saturated heterocycles. The number of likely N-dealkylation sites (N-methyl/N-ethyl adjacent to an activating group) is 1. The molecular weight excluding hydrogens is 370 g/mol. The smallest absolute Gasteiger partial charge is 0.225 e. The predicted molar refractivity (Wildman–Crippen MR) is 108 cm³/mol. The van der Waals surface area contributed by atoms with Crippen molar-refractivity contribution in [3.63, 3.8) is 0 Å². The number of nitrogens with zero attached hydrogens (tertiary/aromatic N) is 4. The van der Waals surface area contributed by atoms with Crippen molar-refractivity contribution in [1.82, 2.24) is 20.1 Å². The summed E-state index contributed by atoms with van der Waals surface area (Å²) in [5, 5.41) is 2.94. The van der Waals surface area contributed by atoms with Crippen LogP contribution in [0.5, 0.6) is 0 Å². The fourth-order valence-corrected chi connectivity index (χ4v) is 3.77. The Bertz CT molecular complexity index is 829. The summed E-state index contributed by atoms with van der Waals surface area (Å²) >= 11 is 0. The van der Waals surface area contributed by atoms with Gasteiger partial charge >= 0.3 is 0 Å². The number of hydrogen-bond donors (Lipinski definition) is 1. The number of pyridine rings is 1. The Labute approximate surface area is 170 Å². The van der Waals surface area contributed by atoms with E-state index < -0.39 is 0 Å². The quantitative estimate of drug-likeness (QED) is 0.786. The van der Waals surface area contributed by atoms with E-state index in [-0.39, 0.29) is 24.2 Å². The van der Waals surface area contributed by atoms with Gasteiger partial charge in [0.15, 0.2) is 0 Å². The Kier molecular flexibility index (Phi) is 5.80. The van der Waals surface area contributed by atoms with Crippen molar-refractivity contribution in [2.75, 3.05) is 44.7 Å². The molecule has 1 N–H and O–H groups in total. The number of hydrogen-bond acceptors (Lipinski definition) is 6. The van der Waals surface area contributed by atoms with E-state index in [0.717, 1.165) is 43.3 Å². The summed E-state index contributed by atoms with van der Waals surface area (Å²) in [6, 6.07) is 7.64. The molecule has 4 rings (SSSR count). The number of piperazine rings is 1. The minimum atomic E-state index is -0.324. The summed E-state index contributed by atoms with van der Waals surface area (Å²) in [4.78, 5) is 35.5. The molecule has 2 fully saturated rings. The molecule has 2 aromatic rings. The van der Waals surface area contributed by atoms with Crippen molar-refractivity contribution in [2.45, 2.75) is 19.5 Å². The van der Waals surface area contributed by atoms with E-state index in [1.807, 2.05) is 24.4 Å². The largest absolute Gasteiger partial charge is 0.467 e. The monoisotopic (exact) mass is 397 g/mol. The van der Waals surface area contributed by atoms with E-state index in [1.165, 1.54) is 0 Å². The van der Waals surface area contributed by atoms with Crippen molar-refractivity contribution in [3.8, 4) is 0 Å². The lowest BCUT2D eigenvalue weighted by atomic mass is 10.1. The number of nitrogens with one attached hydrogen (secondary N) is 1. The topological polar surface area (TPSA) is 81.9 Å². The van der Waals surface area contributed by atoms with Crippen molar-refractivity contribution in [2.24, 2.45) is 5.92 Å². The highest BCUT2D eigenvalue weighted by atomic mass is 16.3. The van der Waals surface area contributed by atoms with Gasteiger partial charge in [-0.3, -0.25) is 9.59 Å². The third-order valence-corrected chi connectivity index (χ3v) is 5.62. The van der Waals surface area contributed by atoms with Crippen LogP contribution in [0.2, 0.25) is 0 Å². The summed E-state index contributed by atoms with van der Waals surface area (Å²) in [6.07, 6.45) is 3.65. The Hall–Kier alpha value is -2.87. The maximum atomic E-state index is 12.5. The molecule has 0 bridgehead atoms. The van der Waals surface area contributed by atoms with Crippen LogP contribution < -0.4 is 10.2 Å². The number of carbonyl (C=O) groups excluding carboxylic acids is 2. The van der Waals surface area contributed by atoms with Gasteiger partial charge in [0, 0.05) is 51.9 Å². The van der Waals surface area contributed by atoms with Gasteiger partial charge in [-0.15, -0.1) is 0 Å². The van der Waals surface area contributed by atoms with Gasteiger partial charge in [-0.25, -0.2) is 4.98 Å². The van der Waals surface area contributed by atoms with Gasteiger partial charge in [0.05, 0.1) is 18.7 Å². The summed E-state index contributed by atoms with van der Waals surface area (Å²) in [6.45, 7) is 5.28. The average Bonchev–Trinajstić information content (AvgIpc) is 3.38. The molecule has 8 heteroatoms. The molecule has 8 nitrogen and oxygen atoms in total. The minimum absolute atomic E-state index is 0.0141. The maximum absolute atomic E-state index is 12.5. The highest BCUT2D eigenvalue weighted by Crippen LogP contribution is 2.21. The number of amides is 2. The first-order valence-corrected chi connectivity index (χ1v) is 10.0. The molecule has 0 aromatic carbocycles. The van der Waals surface area contributed by atoms with Crippen molar-refractivity contribution < 1.29 is 14.0 Å². The molecule has 1 unspecified atom stereocenters. The Morgan fingerprint density at radius 2 is 2.07 bits per heavy atom. The number of aromatic nitrogens is 1. The zero-order valence-electron chi connectivity index (χ0n) is 16.7. The van der Waals surface area contributed by atoms with Crippen molar-refractivity contribution >= 4 is 17.6 Å². The van der Waals surface area contributed by atoms with E-state index in [4.69, 9.17) is 4.42 Å². The van der Waals surface area contributed by atoms with E-state index in [9.17, 15) is 9.59 Å². The fourth-order valence-electron chi connectivity index (χ4n) is 3.77. The molecule has 0 spiro atoms. The third-order valence-electron chi connectivity index (χ3n) is 5.62. The number of anilines is 1. The number of rotatable bonds is 6. The SMILES string of the molecule is CN1CCN(c2ccc(CNC(=O)C3CC(=O)N(Cc4ccco4)C3)cn2)CC1. The van der Waals surface area contributed by atoms with Crippen molar-refractivity contribution in [3.05, 3.63) is 48.0 Å². The van der Waals surface area contributed by atoms with E-state index >= 15 is 0 Å². The molecular formula is C21H27N5O3. The highest BCUT2D eigenvalue weighted by molar-refractivity contribution is 5.89. The van der Waals surface area contributed by atoms with Gasteiger partial charge in [0.25, 0.3) is 0 Å². The van der Waals surface area contributed by atoms with Gasteiger partial charge in [0.1, 0.15) is 11.6 Å². The van der Waals surface area contributed by atoms with Gasteiger partial charge < -0.3 is 24.4 Å². The maximum Gasteiger partial charge on any atom is 0.225 e. The first kappa shape index (κ1) is 19.4. The molecule has 2 aliphatic heterocycles. The lowest BCUT2D eigenvalue weighted by molar-refractivity contribution is -0.129. The molecule has 29 heavy (non-hydrogen) atoms. The zero-order valence-corrected chi connectivity index (χ0v) is 16.7. The Morgan fingerprint density at radius 3 is 2.76 bits per heavy atom. The van der Waals surface area contributed by atoms with Crippen LogP contribution in [0.3, 0.4) is 0 Å². The average molecular weight is 397 g/mol. The summed E-state index contributed by atoms with van der Waals surface area (Å²) in [7, 11) is 2.13. The predicted octanol–water partition coefficient (Wildman–Crippen LogP) is 1.09. The first-order chi connectivity index (χ1) is 14.1. The van der Waals surface area contributed by atoms with Crippen LogP contribution in [-0.4, -0.2) is 66.4 Å². The lowest BCUT2D eigenvalue weighted by Gasteiger charge is -2.33. The van der Waals surface area contributed by atoms with Crippen LogP contribution in [0.4, 0.5) is 5.82 Å². The minimum Gasteiger partial charge on any atom is -0.467 e. The van der Waals surface area contributed by atoms with Gasteiger partial charge in [-0.05, 0) is 30.8 Å². The Morgan fingerprint density at radius 1 is 1.24 bits per heavy atom. The van der Waals surface area contributed by atoms with Crippen LogP contribution in [0.15, 0.2) is 41.1 Å². The molecule has 4 heterocycles. The Balaban J connectivity index is 1.25. The summed E-state index contributed by atoms with van der Waals surface area (Å²) < 4.78 is 5.30. The third kappa shape index (κ3) is 4.76. The summed E-state index contributed by atoms with van der Waals surface area (Å²) in [5.41, 5.74) is 0.952. The lowest BCUT2D eigenvalue weighted by Crippen LogP contribution is -2.44. The van der Waals surface area contributed by atoms with Crippen LogP contribution in [0, 0.1) is 5.92 Å². The van der Waals surface area contributed by atoms with E-state index in [2.05, 4.69) is 27.1 Å². The van der Waals surface area contributed by atoms with E-state index in [1.54, 1.807) is 17.2 Å². The van der Waals surface area contributed by atoms with Crippen LogP contribution in [0.25, 0.3) is 0 Å². The standard InChI is InChI=1S/C21H27N5O3/c1-24-6-8-25(9-7-24)19-5-4-16(12-22-19)13-23-21(28)17-11-20(27)26(14-17)15-18-3-2-10-29-18/h2-5,10,12,17H,6-9,11,13-15H2,1H3,(H,23,28). The second-order valence-electron chi connectivity index (χ2n) is 7.79. The van der Waals surface area contributed by atoms with Crippen molar-refractivity contribution in [1.29, 1.82) is 0 Å². The van der Waals surface area contributed by atoms with Crippen LogP contribution in [-0.2, 0) is 22.7 Å². The second-order valence-corrected chi connectivity index (χ2v) is 7.79. The first-order valence-electron chi connectivity index (χ1n) is 10.0. The fraction of sp³-hybridized carbons (Fsp3) is 0.476. The number of furan rings is 1. The van der Waals surface area contributed by atoms with Gasteiger partial charge in [-0.1, -0.05) is 6.07 Å². The normalized spacial score (nSPS) is 20.3. The molecule has 2 aromatic heterocycles. The van der Waals surface area contributed by atoms with Gasteiger partial charge in [-0.2, -0.15) is 0 Å². The molecule has 0 saturated carbocycles. The molecule has 0 aliphatic carbocycles. The van der Waals surface area contributed by atoms with Gasteiger partial charge in [0.2, 0.25) is 11.8 Å². The van der Waals surface area contributed by atoms with E-state index in [0.29, 0.717) is 19.6 Å². The molecule has 0 radical (unpaired) electrons. The van der Waals surface area contributed by atoms with Crippen LogP contribution >= 0.6 is 0 Å². The van der Waals surface area contributed by atoms with Crippen LogP contribution in [0.1, 0.15) is 17.7 Å². The number of likely N-dealkylation sites (tertiary alicyclic amines) is 1. The second kappa shape index (κ2) is 8.65. The zero-order chi connectivity index (χ0) is 20.2. The number of carbonyl (C=O) groups is 2. The molecule has 2 aliphatic rings.